The number of amides is 1. The fraction of sp³-hybridized carbons (Fsp3) is 0.0667. The van der Waals surface area contributed by atoms with E-state index in [0.717, 1.165) is 10.9 Å². The van der Waals surface area contributed by atoms with Crippen LogP contribution >= 0.6 is 27.3 Å². The van der Waals surface area contributed by atoms with Gasteiger partial charge in [0.05, 0.1) is 15.1 Å². The van der Waals surface area contributed by atoms with Crippen molar-refractivity contribution in [2.75, 3.05) is 12.4 Å². The number of hydrogen-bond donors (Lipinski definition) is 1. The number of rotatable bonds is 3. The lowest BCUT2D eigenvalue weighted by atomic mass is 10.2. The predicted octanol–water partition coefficient (Wildman–Crippen LogP) is 3.62. The third-order valence-corrected chi connectivity index (χ3v) is 5.76. The Kier molecular flexibility index (Phi) is 5.11. The molecule has 0 fully saturated rings. The number of carbonyl (C=O) groups excluding carboxylic acids is 1. The van der Waals surface area contributed by atoms with Crippen molar-refractivity contribution in [1.82, 2.24) is 4.31 Å². The minimum absolute atomic E-state index is 0.0658. The first kappa shape index (κ1) is 17.9. The molecule has 1 N–H and O–H groups in total. The van der Waals surface area contributed by atoms with Gasteiger partial charge in [0.1, 0.15) is 5.70 Å². The lowest BCUT2D eigenvalue weighted by Crippen LogP contribution is -2.32. The summed E-state index contributed by atoms with van der Waals surface area (Å²) in [6, 6.07) is 5.72. The van der Waals surface area contributed by atoms with Gasteiger partial charge in [-0.15, -0.1) is 11.3 Å². The number of nitrogens with zero attached hydrogens (tertiary/aromatic N) is 2. The second-order valence-corrected chi connectivity index (χ2v) is 7.91. The van der Waals surface area contributed by atoms with Crippen LogP contribution in [0.5, 0.6) is 0 Å². The quantitative estimate of drug-likeness (QED) is 0.733. The lowest BCUT2D eigenvalue weighted by molar-refractivity contribution is -0.113. The third-order valence-electron chi connectivity index (χ3n) is 3.27. The molecule has 5 nitrogen and oxygen atoms in total. The zero-order chi connectivity index (χ0) is 18.1. The topological polar surface area (TPSA) is 61.8 Å². The minimum atomic E-state index is -1.77. The average Bonchev–Trinajstić information content (AvgIpc) is 3.09. The van der Waals surface area contributed by atoms with Crippen LogP contribution in [0.2, 0.25) is 0 Å². The molecule has 1 unspecified atom stereocenters. The van der Waals surface area contributed by atoms with Crippen LogP contribution in [-0.4, -0.2) is 27.2 Å². The minimum Gasteiger partial charge on any atom is -0.321 e. The Labute approximate surface area is 156 Å². The predicted molar refractivity (Wildman–Crippen MR) is 97.5 cm³/mol. The molecule has 25 heavy (non-hydrogen) atoms. The van der Waals surface area contributed by atoms with E-state index in [2.05, 4.69) is 25.6 Å². The smallest absolute Gasteiger partial charge is 0.272 e. The Morgan fingerprint density at radius 1 is 1.40 bits per heavy atom. The first-order valence-electron chi connectivity index (χ1n) is 6.82. The maximum Gasteiger partial charge on any atom is 0.272 e. The molecule has 3 rings (SSSR count). The first-order chi connectivity index (χ1) is 11.9. The number of benzene rings is 1. The highest BCUT2D eigenvalue weighted by atomic mass is 79.9. The molecule has 1 aliphatic rings. The summed E-state index contributed by atoms with van der Waals surface area (Å²) in [6.45, 7) is 0. The summed E-state index contributed by atoms with van der Waals surface area (Å²) in [5.74, 6) is -2.75. The van der Waals surface area contributed by atoms with E-state index in [-0.39, 0.29) is 15.9 Å². The largest absolute Gasteiger partial charge is 0.321 e. The van der Waals surface area contributed by atoms with Gasteiger partial charge in [0.15, 0.2) is 11.6 Å². The molecule has 1 aliphatic heterocycles. The van der Waals surface area contributed by atoms with Crippen molar-refractivity contribution in [3.63, 3.8) is 0 Å². The first-order valence-corrected chi connectivity index (χ1v) is 9.56. The number of carbonyl (C=O) groups is 1. The molecule has 1 aromatic carbocycles. The Hall–Kier alpha value is -1.91. The van der Waals surface area contributed by atoms with Gasteiger partial charge < -0.3 is 5.32 Å². The second-order valence-electron chi connectivity index (χ2n) is 4.92. The summed E-state index contributed by atoms with van der Waals surface area (Å²) in [5.41, 5.74) is 0.580. The summed E-state index contributed by atoms with van der Waals surface area (Å²) in [4.78, 5) is 13.3. The fourth-order valence-electron chi connectivity index (χ4n) is 2.05. The van der Waals surface area contributed by atoms with Crippen LogP contribution in [0.4, 0.5) is 14.5 Å². The molecule has 0 aliphatic carbocycles. The molecular weight excluding hydrogens is 436 g/mol. The Balaban J connectivity index is 1.90. The van der Waals surface area contributed by atoms with Crippen molar-refractivity contribution in [2.45, 2.75) is 0 Å². The van der Waals surface area contributed by atoms with Gasteiger partial charge in [-0.05, 0) is 39.5 Å². The maximum absolute atomic E-state index is 13.5. The Morgan fingerprint density at radius 2 is 2.16 bits per heavy atom. The van der Waals surface area contributed by atoms with Gasteiger partial charge in [-0.1, -0.05) is 6.07 Å². The van der Waals surface area contributed by atoms with Crippen LogP contribution in [-0.2, 0) is 16.0 Å². The molecular formula is C15H10BrF2N3O2S2. The van der Waals surface area contributed by atoms with Gasteiger partial charge in [0.25, 0.3) is 5.91 Å². The van der Waals surface area contributed by atoms with E-state index in [1.54, 1.807) is 6.07 Å². The molecule has 0 radical (unpaired) electrons. The molecule has 0 bridgehead atoms. The van der Waals surface area contributed by atoms with Crippen LogP contribution in [0.1, 0.15) is 4.88 Å². The number of likely N-dealkylation sites (N-methyl/N-ethyl adjacent to an activating group) is 1. The molecule has 1 atom stereocenters. The highest BCUT2D eigenvalue weighted by molar-refractivity contribution is 9.10. The van der Waals surface area contributed by atoms with Crippen LogP contribution in [0.25, 0.3) is 0 Å². The second kappa shape index (κ2) is 7.14. The normalized spacial score (nSPS) is 17.1. The van der Waals surface area contributed by atoms with Crippen molar-refractivity contribution in [3.8, 4) is 0 Å². The lowest BCUT2D eigenvalue weighted by Gasteiger charge is -2.22. The molecule has 1 amide bonds. The maximum atomic E-state index is 13.5. The number of halogens is 3. The standard InChI is InChI=1S/C15H10BrF2N3O2S2/c1-21-12(7-11(20-25(21)23)13-3-2-4-24-13)15(22)19-8-5-9(16)14(18)10(17)6-8/h2-7H,1H3,(H,19,22). The van der Waals surface area contributed by atoms with Gasteiger partial charge in [-0.25, -0.2) is 13.0 Å². The van der Waals surface area contributed by atoms with Gasteiger partial charge in [-0.3, -0.25) is 9.10 Å². The molecule has 2 aromatic rings. The van der Waals surface area contributed by atoms with Crippen molar-refractivity contribution in [2.24, 2.45) is 4.40 Å². The number of anilines is 1. The van der Waals surface area contributed by atoms with Crippen molar-refractivity contribution < 1.29 is 17.8 Å². The van der Waals surface area contributed by atoms with Crippen molar-refractivity contribution in [3.05, 3.63) is 62.4 Å². The van der Waals surface area contributed by atoms with E-state index < -0.39 is 28.7 Å². The van der Waals surface area contributed by atoms with Crippen LogP contribution in [0.3, 0.4) is 0 Å². The van der Waals surface area contributed by atoms with Gasteiger partial charge >= 0.3 is 0 Å². The molecule has 0 saturated heterocycles. The van der Waals surface area contributed by atoms with Crippen LogP contribution in [0.15, 0.2) is 50.3 Å². The average molecular weight is 446 g/mol. The van der Waals surface area contributed by atoms with Gasteiger partial charge in [-0.2, -0.15) is 4.40 Å². The molecule has 0 saturated carbocycles. The number of hydrogen-bond acceptors (Lipinski definition) is 3. The van der Waals surface area contributed by atoms with Gasteiger partial charge in [0.2, 0.25) is 11.2 Å². The van der Waals surface area contributed by atoms with E-state index in [4.69, 9.17) is 0 Å². The Bertz CT molecular complexity index is 906. The summed E-state index contributed by atoms with van der Waals surface area (Å²) < 4.78 is 44.0. The number of thiophene rings is 1. The summed E-state index contributed by atoms with van der Waals surface area (Å²) in [7, 11) is 1.46. The summed E-state index contributed by atoms with van der Waals surface area (Å²) in [6.07, 6.45) is 1.50. The molecule has 1 aromatic heterocycles. The van der Waals surface area contributed by atoms with Crippen LogP contribution in [0, 0.1) is 11.6 Å². The van der Waals surface area contributed by atoms with Crippen molar-refractivity contribution in [1.29, 1.82) is 0 Å². The SMILES string of the molecule is CN1C(C(=O)Nc2cc(F)c(F)c(Br)c2)=CC(c2cccs2)=NS1=O. The fourth-order valence-corrected chi connectivity index (χ4v) is 3.97. The van der Waals surface area contributed by atoms with E-state index in [1.807, 2.05) is 11.4 Å². The molecule has 130 valence electrons. The van der Waals surface area contributed by atoms with E-state index in [1.165, 1.54) is 34.8 Å². The van der Waals surface area contributed by atoms with Crippen LogP contribution < -0.4 is 5.32 Å². The van der Waals surface area contributed by atoms with E-state index >= 15 is 0 Å². The summed E-state index contributed by atoms with van der Waals surface area (Å²) >= 11 is 2.52. The highest BCUT2D eigenvalue weighted by Gasteiger charge is 2.25. The third kappa shape index (κ3) is 3.70. The van der Waals surface area contributed by atoms with E-state index in [9.17, 15) is 17.8 Å². The molecule has 10 heteroatoms. The summed E-state index contributed by atoms with van der Waals surface area (Å²) in [5, 5.41) is 4.30. The Morgan fingerprint density at radius 3 is 2.80 bits per heavy atom. The zero-order valence-corrected chi connectivity index (χ0v) is 15.8. The monoisotopic (exact) mass is 445 g/mol. The number of nitrogens with one attached hydrogen (secondary N) is 1. The number of allylic oxidation sites excluding steroid dienone is 1. The van der Waals surface area contributed by atoms with Crippen molar-refractivity contribution >= 4 is 55.7 Å². The van der Waals surface area contributed by atoms with Gasteiger partial charge in [0, 0.05) is 18.8 Å². The molecule has 0 spiro atoms. The zero-order valence-electron chi connectivity index (χ0n) is 12.6. The van der Waals surface area contributed by atoms with E-state index in [0.29, 0.717) is 5.71 Å². The molecule has 2 heterocycles. The highest BCUT2D eigenvalue weighted by Crippen LogP contribution is 2.25.